The minimum atomic E-state index is -2.51. The van der Waals surface area contributed by atoms with Gasteiger partial charge in [0, 0.05) is 21.7 Å². The number of carbonyl (C=O) groups is 2. The van der Waals surface area contributed by atoms with Crippen LogP contribution in [0.15, 0.2) is 59.5 Å². The predicted molar refractivity (Wildman–Crippen MR) is 98.4 cm³/mol. The highest BCUT2D eigenvalue weighted by molar-refractivity contribution is 7.99. The van der Waals surface area contributed by atoms with Crippen molar-refractivity contribution in [3.05, 3.63) is 65.2 Å². The third kappa shape index (κ3) is 6.85. The summed E-state index contributed by atoms with van der Waals surface area (Å²) in [5.74, 6) is -3.74. The Hall–Kier alpha value is -2.38. The first-order chi connectivity index (χ1) is 12.4. The molecule has 2 aromatic carbocycles. The number of rotatable bonds is 7. The van der Waals surface area contributed by atoms with Crippen LogP contribution in [-0.4, -0.2) is 24.2 Å². The summed E-state index contributed by atoms with van der Waals surface area (Å²) in [6.45, 7) is -0.473. The van der Waals surface area contributed by atoms with Crippen molar-refractivity contribution >= 4 is 47.0 Å². The van der Waals surface area contributed by atoms with Crippen molar-refractivity contribution in [2.24, 2.45) is 0 Å². The van der Waals surface area contributed by atoms with Crippen LogP contribution in [0.2, 0.25) is 5.02 Å². The zero-order valence-corrected chi connectivity index (χ0v) is 14.9. The smallest absolute Gasteiger partial charge is 0.331 e. The van der Waals surface area contributed by atoms with Crippen LogP contribution < -0.4 is 5.32 Å². The van der Waals surface area contributed by atoms with Crippen molar-refractivity contribution in [1.82, 2.24) is 0 Å². The Morgan fingerprint density at radius 2 is 1.85 bits per heavy atom. The highest BCUT2D eigenvalue weighted by atomic mass is 35.5. The molecule has 26 heavy (non-hydrogen) atoms. The van der Waals surface area contributed by atoms with Crippen molar-refractivity contribution < 1.29 is 23.1 Å². The number of nitrogens with one attached hydrogen (secondary N) is 1. The Morgan fingerprint density at radius 1 is 1.15 bits per heavy atom. The SMILES string of the molecule is O=C(COC(=O)/C=C/c1ccccc1Cl)Nc1ccc(SC(F)F)cc1. The molecule has 0 atom stereocenters. The van der Waals surface area contributed by atoms with Crippen molar-refractivity contribution in [3.8, 4) is 0 Å². The highest BCUT2D eigenvalue weighted by Gasteiger charge is 2.08. The Bertz CT molecular complexity index is 797. The molecule has 136 valence electrons. The van der Waals surface area contributed by atoms with E-state index in [0.717, 1.165) is 0 Å². The number of hydrogen-bond acceptors (Lipinski definition) is 4. The second-order valence-electron chi connectivity index (χ2n) is 4.91. The van der Waals surface area contributed by atoms with E-state index in [0.29, 0.717) is 32.9 Å². The van der Waals surface area contributed by atoms with E-state index in [-0.39, 0.29) is 0 Å². The summed E-state index contributed by atoms with van der Waals surface area (Å²) in [5.41, 5.74) is 1.06. The van der Waals surface area contributed by atoms with Gasteiger partial charge in [0.25, 0.3) is 11.7 Å². The number of amides is 1. The van der Waals surface area contributed by atoms with Gasteiger partial charge in [-0.25, -0.2) is 4.79 Å². The van der Waals surface area contributed by atoms with Gasteiger partial charge in [-0.3, -0.25) is 4.79 Å². The normalized spacial score (nSPS) is 10.9. The molecule has 0 saturated carbocycles. The zero-order chi connectivity index (χ0) is 18.9. The van der Waals surface area contributed by atoms with Crippen LogP contribution in [0.25, 0.3) is 6.08 Å². The van der Waals surface area contributed by atoms with E-state index in [1.807, 2.05) is 0 Å². The highest BCUT2D eigenvalue weighted by Crippen LogP contribution is 2.26. The molecule has 0 spiro atoms. The molecule has 0 fully saturated rings. The van der Waals surface area contributed by atoms with Gasteiger partial charge in [0.15, 0.2) is 6.61 Å². The standard InChI is InChI=1S/C18H14ClF2NO3S/c19-15-4-2-1-3-12(15)5-10-17(24)25-11-16(23)22-13-6-8-14(9-7-13)26-18(20)21/h1-10,18H,11H2,(H,22,23)/b10-5+. The number of ether oxygens (including phenoxy) is 1. The van der Waals surface area contributed by atoms with Crippen LogP contribution in [0.3, 0.4) is 0 Å². The van der Waals surface area contributed by atoms with Crippen molar-refractivity contribution in [1.29, 1.82) is 0 Å². The van der Waals surface area contributed by atoms with E-state index < -0.39 is 24.2 Å². The lowest BCUT2D eigenvalue weighted by atomic mass is 10.2. The Kier molecular flexibility index (Phi) is 7.62. The van der Waals surface area contributed by atoms with Gasteiger partial charge >= 0.3 is 5.97 Å². The molecule has 2 rings (SSSR count). The molecule has 0 bridgehead atoms. The van der Waals surface area contributed by atoms with Crippen molar-refractivity contribution in [3.63, 3.8) is 0 Å². The van der Waals surface area contributed by atoms with E-state index >= 15 is 0 Å². The zero-order valence-electron chi connectivity index (χ0n) is 13.3. The molecule has 0 aromatic heterocycles. The maximum absolute atomic E-state index is 12.2. The summed E-state index contributed by atoms with van der Waals surface area (Å²) in [5, 5.41) is 2.99. The first kappa shape index (κ1) is 19.9. The Labute approximate surface area is 158 Å². The topological polar surface area (TPSA) is 55.4 Å². The van der Waals surface area contributed by atoms with Gasteiger partial charge in [-0.2, -0.15) is 8.78 Å². The molecule has 0 saturated heterocycles. The van der Waals surface area contributed by atoms with Crippen molar-refractivity contribution in [2.45, 2.75) is 10.7 Å². The summed E-state index contributed by atoms with van der Waals surface area (Å²) in [6.07, 6.45) is 2.66. The number of carbonyl (C=O) groups excluding carboxylic acids is 2. The van der Waals surface area contributed by atoms with Gasteiger partial charge in [-0.05, 0) is 42.0 Å². The number of thioether (sulfide) groups is 1. The second-order valence-corrected chi connectivity index (χ2v) is 6.38. The van der Waals surface area contributed by atoms with Crippen LogP contribution in [0, 0.1) is 0 Å². The van der Waals surface area contributed by atoms with E-state index in [1.165, 1.54) is 36.4 Å². The van der Waals surface area contributed by atoms with E-state index in [9.17, 15) is 18.4 Å². The minimum Gasteiger partial charge on any atom is -0.452 e. The third-order valence-electron chi connectivity index (χ3n) is 3.01. The third-order valence-corrected chi connectivity index (χ3v) is 4.08. The fraction of sp³-hybridized carbons (Fsp3) is 0.111. The number of esters is 1. The van der Waals surface area contributed by atoms with E-state index in [2.05, 4.69) is 5.32 Å². The quantitative estimate of drug-likeness (QED) is 0.412. The molecular weight excluding hydrogens is 384 g/mol. The van der Waals surface area contributed by atoms with Gasteiger partial charge in [-0.1, -0.05) is 41.6 Å². The summed E-state index contributed by atoms with van der Waals surface area (Å²) in [6, 6.07) is 12.9. The molecule has 0 aliphatic carbocycles. The molecule has 0 aliphatic rings. The lowest BCUT2D eigenvalue weighted by molar-refractivity contribution is -0.142. The van der Waals surface area contributed by atoms with Gasteiger partial charge in [0.2, 0.25) is 0 Å². The lowest BCUT2D eigenvalue weighted by Crippen LogP contribution is -2.20. The molecule has 0 aliphatic heterocycles. The second kappa shape index (κ2) is 9.94. The molecule has 2 aromatic rings. The number of hydrogen-bond donors (Lipinski definition) is 1. The molecule has 0 heterocycles. The Morgan fingerprint density at radius 3 is 2.50 bits per heavy atom. The molecule has 1 amide bonds. The minimum absolute atomic E-state index is 0.383. The molecule has 8 heteroatoms. The van der Waals surface area contributed by atoms with Crippen LogP contribution in [0.1, 0.15) is 5.56 Å². The first-order valence-corrected chi connectivity index (χ1v) is 8.64. The number of anilines is 1. The first-order valence-electron chi connectivity index (χ1n) is 7.38. The van der Waals surface area contributed by atoms with E-state index in [4.69, 9.17) is 16.3 Å². The average molecular weight is 398 g/mol. The molecular formula is C18H14ClF2NO3S. The number of benzene rings is 2. The average Bonchev–Trinajstić information content (AvgIpc) is 2.60. The fourth-order valence-corrected chi connectivity index (χ4v) is 2.57. The van der Waals surface area contributed by atoms with E-state index in [1.54, 1.807) is 24.3 Å². The van der Waals surface area contributed by atoms with Gasteiger partial charge in [0.1, 0.15) is 0 Å². The van der Waals surface area contributed by atoms with Crippen molar-refractivity contribution in [2.75, 3.05) is 11.9 Å². The van der Waals surface area contributed by atoms with Crippen LogP contribution in [0.5, 0.6) is 0 Å². The summed E-state index contributed by atoms with van der Waals surface area (Å²) in [7, 11) is 0. The fourth-order valence-electron chi connectivity index (χ4n) is 1.87. The number of alkyl halides is 2. The summed E-state index contributed by atoms with van der Waals surface area (Å²) < 4.78 is 29.3. The molecule has 0 unspecified atom stereocenters. The van der Waals surface area contributed by atoms with Gasteiger partial charge in [0.05, 0.1) is 0 Å². The molecule has 0 radical (unpaired) electrons. The molecule has 1 N–H and O–H groups in total. The largest absolute Gasteiger partial charge is 0.452 e. The maximum atomic E-state index is 12.2. The molecule has 4 nitrogen and oxygen atoms in total. The maximum Gasteiger partial charge on any atom is 0.331 e. The number of halogens is 3. The lowest BCUT2D eigenvalue weighted by Gasteiger charge is -2.06. The summed E-state index contributed by atoms with van der Waals surface area (Å²) in [4.78, 5) is 23.8. The van der Waals surface area contributed by atoms with Gasteiger partial charge in [-0.15, -0.1) is 0 Å². The predicted octanol–water partition coefficient (Wildman–Crippen LogP) is 4.85. The van der Waals surface area contributed by atoms with Crippen LogP contribution in [-0.2, 0) is 14.3 Å². The van der Waals surface area contributed by atoms with Gasteiger partial charge < -0.3 is 10.1 Å². The summed E-state index contributed by atoms with van der Waals surface area (Å²) >= 11 is 6.37. The Balaban J connectivity index is 1.79. The van der Waals surface area contributed by atoms with Crippen LogP contribution in [0.4, 0.5) is 14.5 Å². The van der Waals surface area contributed by atoms with Crippen LogP contribution >= 0.6 is 23.4 Å². The monoisotopic (exact) mass is 397 g/mol.